The first-order valence-electron chi connectivity index (χ1n) is 2.50. The molecule has 0 saturated carbocycles. The van der Waals surface area contributed by atoms with Crippen LogP contribution in [-0.2, 0) is 18.2 Å². The van der Waals surface area contributed by atoms with Crippen molar-refractivity contribution >= 4 is 45.7 Å². The average Bonchev–Trinajstić information content (AvgIpc) is 2.15. The normalized spacial score (nSPS) is 14.6. The Hall–Kier alpha value is 1.79. The van der Waals surface area contributed by atoms with E-state index in [-0.39, 0.29) is 0 Å². The maximum absolute atomic E-state index is 5.00. The molecular formula is C5H6AsCl3Zr-. The van der Waals surface area contributed by atoms with Gasteiger partial charge < -0.3 is 0 Å². The van der Waals surface area contributed by atoms with Crippen molar-refractivity contribution in [1.82, 2.24) is 0 Å². The van der Waals surface area contributed by atoms with Gasteiger partial charge in [0.1, 0.15) is 0 Å². The van der Waals surface area contributed by atoms with Gasteiger partial charge in [0.2, 0.25) is 0 Å². The van der Waals surface area contributed by atoms with Crippen LogP contribution in [0.15, 0.2) is 12.2 Å². The number of halogens is 3. The molecule has 0 bridgehead atoms. The Balaban J connectivity index is 0.000000180. The van der Waals surface area contributed by atoms with Crippen LogP contribution in [0.25, 0.3) is 0 Å². The van der Waals surface area contributed by atoms with Gasteiger partial charge in [0.05, 0.1) is 0 Å². The van der Waals surface area contributed by atoms with Gasteiger partial charge in [0.25, 0.3) is 0 Å². The third-order valence-corrected chi connectivity index (χ3v) is 2.54. The van der Waals surface area contributed by atoms with Crippen LogP contribution in [0.2, 0.25) is 0 Å². The van der Waals surface area contributed by atoms with Crippen LogP contribution in [-0.4, -0.2) is 20.1 Å². The molecule has 0 radical (unpaired) electrons. The molecule has 0 spiro atoms. The Morgan fingerprint density at radius 2 is 1.90 bits per heavy atom. The second kappa shape index (κ2) is 7.44. The summed E-state index contributed by atoms with van der Waals surface area (Å²) >= 11 is -1.65. The Kier molecular flexibility index (Phi) is 8.77. The molecule has 0 aromatic carbocycles. The third-order valence-electron chi connectivity index (χ3n) is 0.702. The fourth-order valence-electron chi connectivity index (χ4n) is 0.386. The molecule has 5 heteroatoms. The molecule has 1 aliphatic rings. The molecule has 0 unspecified atom stereocenters. The van der Waals surface area contributed by atoms with Crippen molar-refractivity contribution < 1.29 is 18.2 Å². The Labute approximate surface area is 86.5 Å². The minimum absolute atomic E-state index is 0.479. The van der Waals surface area contributed by atoms with E-state index in [1.54, 1.807) is 4.71 Å². The molecule has 0 aromatic rings. The van der Waals surface area contributed by atoms with Crippen molar-refractivity contribution in [3.05, 3.63) is 16.9 Å². The van der Waals surface area contributed by atoms with Gasteiger partial charge in [0, 0.05) is 0 Å². The van der Waals surface area contributed by atoms with Crippen molar-refractivity contribution in [3.63, 3.8) is 0 Å². The van der Waals surface area contributed by atoms with Crippen LogP contribution in [0.1, 0.15) is 6.92 Å². The van der Waals surface area contributed by atoms with E-state index in [0.717, 1.165) is 0 Å². The van der Waals surface area contributed by atoms with Crippen LogP contribution in [0, 0.1) is 4.71 Å². The van der Waals surface area contributed by atoms with Gasteiger partial charge in [0.15, 0.2) is 0 Å². The zero-order chi connectivity index (χ0) is 7.98. The third kappa shape index (κ3) is 9.79. The van der Waals surface area contributed by atoms with E-state index in [2.05, 4.69) is 23.9 Å². The first kappa shape index (κ1) is 11.8. The van der Waals surface area contributed by atoms with Crippen molar-refractivity contribution in [2.75, 3.05) is 0 Å². The summed E-state index contributed by atoms with van der Waals surface area (Å²) in [4.78, 5) is 2.26. The van der Waals surface area contributed by atoms with Crippen LogP contribution in [0.4, 0.5) is 0 Å². The number of hydrogen-bond donors (Lipinski definition) is 0. The summed E-state index contributed by atoms with van der Waals surface area (Å²) in [6, 6.07) is 0. The second-order valence-corrected chi connectivity index (χ2v) is 15.3. The summed E-state index contributed by atoms with van der Waals surface area (Å²) in [5.74, 6) is 0. The molecule has 0 amide bonds. The molecule has 57 valence electrons. The molecule has 0 nitrogen and oxygen atoms in total. The molecule has 1 aliphatic heterocycles. The van der Waals surface area contributed by atoms with E-state index in [0.29, 0.717) is 15.3 Å². The van der Waals surface area contributed by atoms with E-state index < -0.39 is 18.2 Å². The van der Waals surface area contributed by atoms with Gasteiger partial charge in [-0.25, -0.2) is 0 Å². The fraction of sp³-hybridized carbons (Fsp3) is 0.200. The van der Waals surface area contributed by atoms with Crippen molar-refractivity contribution in [3.8, 4) is 0 Å². The minimum atomic E-state index is -2.13. The van der Waals surface area contributed by atoms with Gasteiger partial charge in [-0.05, 0) is 0 Å². The van der Waals surface area contributed by atoms with E-state index in [9.17, 15) is 0 Å². The quantitative estimate of drug-likeness (QED) is 0.471. The van der Waals surface area contributed by atoms with Crippen LogP contribution in [0.5, 0.6) is 0 Å². The first-order valence-corrected chi connectivity index (χ1v) is 14.0. The van der Waals surface area contributed by atoms with Gasteiger partial charge >= 0.3 is 87.6 Å². The summed E-state index contributed by atoms with van der Waals surface area (Å²) in [5.41, 5.74) is 0. The van der Waals surface area contributed by atoms with Gasteiger partial charge in [-0.1, -0.05) is 0 Å². The second-order valence-electron chi connectivity index (χ2n) is 1.49. The molecule has 0 N–H and O–H groups in total. The molecule has 0 saturated heterocycles. The number of hydrogen-bond acceptors (Lipinski definition) is 0. The summed E-state index contributed by atoms with van der Waals surface area (Å²) in [6.07, 6.45) is 4.31. The van der Waals surface area contributed by atoms with E-state index in [1.165, 1.54) is 0 Å². The van der Waals surface area contributed by atoms with Crippen LogP contribution < -0.4 is 0 Å². The molecule has 0 aliphatic carbocycles. The van der Waals surface area contributed by atoms with Crippen molar-refractivity contribution in [2.24, 2.45) is 0 Å². The number of rotatable bonds is 0. The maximum atomic E-state index is 5.00. The van der Waals surface area contributed by atoms with Crippen molar-refractivity contribution in [2.45, 2.75) is 6.92 Å². The standard InChI is InChI=1S/C5H6As.3ClH.Zr/c1-5-3-2-4-6-5;;;;/h2-4H,1H3;3*1H;/q-1;;;;+3/p-3. The van der Waals surface area contributed by atoms with Crippen LogP contribution >= 0.6 is 25.5 Å². The topological polar surface area (TPSA) is 0 Å². The molecular weight excluding hydrogens is 333 g/mol. The summed E-state index contributed by atoms with van der Waals surface area (Å²) in [6.45, 7) is 2.18. The van der Waals surface area contributed by atoms with Crippen LogP contribution in [0.3, 0.4) is 0 Å². The molecule has 0 fully saturated rings. The number of allylic oxidation sites excluding steroid dienone is 2. The zero-order valence-corrected chi connectivity index (χ0v) is 11.9. The average molecular weight is 339 g/mol. The molecule has 1 rings (SSSR count). The summed E-state index contributed by atoms with van der Waals surface area (Å²) < 4.78 is 1.56. The predicted molar refractivity (Wildman–Crippen MR) is 47.4 cm³/mol. The predicted octanol–water partition coefficient (Wildman–Crippen LogP) is 2.68. The summed E-state index contributed by atoms with van der Waals surface area (Å²) in [7, 11) is 15.0. The van der Waals surface area contributed by atoms with E-state index in [1.807, 2.05) is 0 Å². The molecule has 1 heterocycles. The van der Waals surface area contributed by atoms with Crippen molar-refractivity contribution in [1.29, 1.82) is 0 Å². The first-order chi connectivity index (χ1) is 4.63. The fourth-order valence-corrected chi connectivity index (χ4v) is 1.60. The Morgan fingerprint density at radius 3 is 2.00 bits per heavy atom. The Morgan fingerprint density at radius 1 is 1.40 bits per heavy atom. The van der Waals surface area contributed by atoms with Gasteiger partial charge in [-0.3, -0.25) is 0 Å². The van der Waals surface area contributed by atoms with Gasteiger partial charge in [-0.15, -0.1) is 0 Å². The SMILES string of the molecule is C[C-]1C=CC=[As]1.[Cl][Zr]([Cl])[Cl]. The monoisotopic (exact) mass is 336 g/mol. The molecule has 0 atom stereocenters. The van der Waals surface area contributed by atoms with E-state index >= 15 is 0 Å². The molecule has 10 heavy (non-hydrogen) atoms. The molecule has 0 aromatic heterocycles. The van der Waals surface area contributed by atoms with E-state index in [4.69, 9.17) is 25.5 Å². The Bertz CT molecular complexity index is 120. The zero-order valence-electron chi connectivity index (χ0n) is 5.31. The van der Waals surface area contributed by atoms with Gasteiger partial charge in [-0.2, -0.15) is 0 Å². The summed E-state index contributed by atoms with van der Waals surface area (Å²) in [5, 5.41) is 0.